The zero-order valence-corrected chi connectivity index (χ0v) is 9.83. The van der Waals surface area contributed by atoms with Gasteiger partial charge in [0.2, 0.25) is 0 Å². The summed E-state index contributed by atoms with van der Waals surface area (Å²) >= 11 is 0. The smallest absolute Gasteiger partial charge is 0.271 e. The Labute approximate surface area is 104 Å². The van der Waals surface area contributed by atoms with Crippen molar-refractivity contribution in [3.05, 3.63) is 33.9 Å². The Morgan fingerprint density at radius 3 is 2.61 bits per heavy atom. The molecule has 1 aromatic carbocycles. The van der Waals surface area contributed by atoms with Crippen LogP contribution in [0.25, 0.3) is 0 Å². The van der Waals surface area contributed by atoms with Crippen molar-refractivity contribution in [3.63, 3.8) is 0 Å². The van der Waals surface area contributed by atoms with Crippen LogP contribution >= 0.6 is 0 Å². The van der Waals surface area contributed by atoms with E-state index in [4.69, 9.17) is 9.84 Å². The summed E-state index contributed by atoms with van der Waals surface area (Å²) in [5.41, 5.74) is 1.68. The van der Waals surface area contributed by atoms with Gasteiger partial charge in [-0.2, -0.15) is 0 Å². The third-order valence-electron chi connectivity index (χ3n) is 3.59. The van der Waals surface area contributed by atoms with Crippen LogP contribution in [0.1, 0.15) is 5.56 Å². The van der Waals surface area contributed by atoms with Gasteiger partial charge in [-0.15, -0.1) is 0 Å². The predicted molar refractivity (Wildman–Crippen MR) is 64.5 cm³/mol. The van der Waals surface area contributed by atoms with Gasteiger partial charge in [-0.25, -0.2) is 0 Å². The number of aliphatic hydroxyl groups is 1. The van der Waals surface area contributed by atoms with Crippen molar-refractivity contribution in [1.29, 1.82) is 0 Å². The normalized spacial score (nSPS) is 20.4. The molecule has 18 heavy (non-hydrogen) atoms. The number of hydrogen-bond donors (Lipinski definition) is 1. The van der Waals surface area contributed by atoms with Crippen molar-refractivity contribution < 1.29 is 14.8 Å². The van der Waals surface area contributed by atoms with E-state index in [2.05, 4.69) is 4.90 Å². The first-order chi connectivity index (χ1) is 8.62. The highest BCUT2D eigenvalue weighted by Crippen LogP contribution is 2.41. The summed E-state index contributed by atoms with van der Waals surface area (Å²) in [4.78, 5) is 12.5. The number of anilines is 1. The summed E-state index contributed by atoms with van der Waals surface area (Å²) in [6.07, 6.45) is 0. The maximum absolute atomic E-state index is 10.8. The summed E-state index contributed by atoms with van der Waals surface area (Å²) in [7, 11) is 0. The van der Waals surface area contributed by atoms with Crippen LogP contribution in [0.5, 0.6) is 0 Å². The molecule has 0 saturated carbocycles. The summed E-state index contributed by atoms with van der Waals surface area (Å²) in [6.45, 7) is 3.13. The number of ether oxygens (including phenoxy) is 1. The van der Waals surface area contributed by atoms with E-state index in [1.807, 2.05) is 0 Å². The van der Waals surface area contributed by atoms with Gasteiger partial charge in [0.05, 0.1) is 30.2 Å². The SMILES string of the molecule is O=[N+]([O-])c1cc(CO)cc(N2CC3(COC3)C2)c1. The number of nitrogens with zero attached hydrogens (tertiary/aromatic N) is 2. The minimum atomic E-state index is -0.426. The number of hydrogen-bond acceptors (Lipinski definition) is 5. The van der Waals surface area contributed by atoms with Crippen LogP contribution < -0.4 is 4.90 Å². The van der Waals surface area contributed by atoms with E-state index in [0.717, 1.165) is 32.0 Å². The number of rotatable bonds is 3. The molecular weight excluding hydrogens is 236 g/mol. The predicted octanol–water partition coefficient (Wildman–Crippen LogP) is 0.924. The van der Waals surface area contributed by atoms with Crippen molar-refractivity contribution in [2.75, 3.05) is 31.2 Å². The van der Waals surface area contributed by atoms with Gasteiger partial charge in [0.1, 0.15) is 0 Å². The molecule has 2 saturated heterocycles. The van der Waals surface area contributed by atoms with E-state index < -0.39 is 4.92 Å². The Balaban J connectivity index is 1.83. The fraction of sp³-hybridized carbons (Fsp3) is 0.500. The fourth-order valence-corrected chi connectivity index (χ4v) is 2.56. The van der Waals surface area contributed by atoms with Crippen LogP contribution in [0.4, 0.5) is 11.4 Å². The molecule has 6 nitrogen and oxygen atoms in total. The van der Waals surface area contributed by atoms with Gasteiger partial charge in [-0.1, -0.05) is 0 Å². The average Bonchev–Trinajstić information content (AvgIpc) is 2.24. The van der Waals surface area contributed by atoms with Gasteiger partial charge in [0.15, 0.2) is 0 Å². The Morgan fingerprint density at radius 2 is 2.11 bits per heavy atom. The third-order valence-corrected chi connectivity index (χ3v) is 3.59. The van der Waals surface area contributed by atoms with Gasteiger partial charge in [-0.3, -0.25) is 10.1 Å². The van der Waals surface area contributed by atoms with E-state index in [1.165, 1.54) is 6.07 Å². The third kappa shape index (κ3) is 1.74. The Morgan fingerprint density at radius 1 is 1.39 bits per heavy atom. The molecule has 0 atom stereocenters. The number of benzene rings is 1. The number of nitro benzene ring substituents is 1. The van der Waals surface area contributed by atoms with Crippen molar-refractivity contribution in [2.24, 2.45) is 5.41 Å². The zero-order chi connectivity index (χ0) is 12.8. The highest BCUT2D eigenvalue weighted by molar-refractivity contribution is 5.58. The average molecular weight is 250 g/mol. The van der Waals surface area contributed by atoms with Crippen molar-refractivity contribution in [3.8, 4) is 0 Å². The van der Waals surface area contributed by atoms with Gasteiger partial charge < -0.3 is 14.7 Å². The number of non-ortho nitro benzene ring substituents is 1. The molecule has 0 bridgehead atoms. The lowest BCUT2D eigenvalue weighted by atomic mass is 9.77. The molecule has 1 N–H and O–H groups in total. The second-order valence-electron chi connectivity index (χ2n) is 5.12. The van der Waals surface area contributed by atoms with Crippen molar-refractivity contribution in [1.82, 2.24) is 0 Å². The van der Waals surface area contributed by atoms with E-state index in [0.29, 0.717) is 5.56 Å². The second-order valence-corrected chi connectivity index (χ2v) is 5.12. The standard InChI is InChI=1S/C12H14N2O4/c15-4-9-1-10(3-11(2-9)14(16)17)13-5-12(6-13)7-18-8-12/h1-3,15H,4-8H2. The largest absolute Gasteiger partial charge is 0.392 e. The molecule has 2 aliphatic heterocycles. The van der Waals surface area contributed by atoms with Crippen LogP contribution in [-0.2, 0) is 11.3 Å². The summed E-state index contributed by atoms with van der Waals surface area (Å²) < 4.78 is 5.20. The van der Waals surface area contributed by atoms with E-state index in [9.17, 15) is 10.1 Å². The van der Waals surface area contributed by atoms with E-state index >= 15 is 0 Å². The quantitative estimate of drug-likeness (QED) is 0.637. The van der Waals surface area contributed by atoms with Gasteiger partial charge in [-0.05, 0) is 11.6 Å². The minimum absolute atomic E-state index is 0.0300. The molecule has 0 unspecified atom stereocenters. The van der Waals surface area contributed by atoms with Gasteiger partial charge in [0, 0.05) is 30.9 Å². The zero-order valence-electron chi connectivity index (χ0n) is 9.83. The Kier molecular flexibility index (Phi) is 2.49. The van der Waals surface area contributed by atoms with Crippen LogP contribution in [0.15, 0.2) is 18.2 Å². The lowest BCUT2D eigenvalue weighted by Crippen LogP contribution is -2.66. The Hall–Kier alpha value is -1.66. The van der Waals surface area contributed by atoms with Crippen molar-refractivity contribution in [2.45, 2.75) is 6.61 Å². The van der Waals surface area contributed by atoms with E-state index in [-0.39, 0.29) is 17.7 Å². The molecule has 0 radical (unpaired) electrons. The van der Waals surface area contributed by atoms with Crippen LogP contribution in [0.3, 0.4) is 0 Å². The summed E-state index contributed by atoms with van der Waals surface area (Å²) in [5.74, 6) is 0. The molecule has 3 rings (SSSR count). The molecule has 96 valence electrons. The molecule has 1 aromatic rings. The minimum Gasteiger partial charge on any atom is -0.392 e. The van der Waals surface area contributed by atoms with Crippen molar-refractivity contribution >= 4 is 11.4 Å². The van der Waals surface area contributed by atoms with Crippen LogP contribution in [-0.4, -0.2) is 36.3 Å². The first-order valence-electron chi connectivity index (χ1n) is 5.84. The molecule has 0 aromatic heterocycles. The van der Waals surface area contributed by atoms with Gasteiger partial charge >= 0.3 is 0 Å². The monoisotopic (exact) mass is 250 g/mol. The maximum atomic E-state index is 10.8. The summed E-state index contributed by atoms with van der Waals surface area (Å²) in [5, 5.41) is 20.0. The number of aliphatic hydroxyl groups excluding tert-OH is 1. The topological polar surface area (TPSA) is 75.8 Å². The molecular formula is C12H14N2O4. The molecule has 0 aliphatic carbocycles. The maximum Gasteiger partial charge on any atom is 0.271 e. The molecule has 6 heteroatoms. The number of nitro groups is 1. The first kappa shape index (κ1) is 11.4. The van der Waals surface area contributed by atoms with E-state index in [1.54, 1.807) is 12.1 Å². The molecule has 2 heterocycles. The second kappa shape index (κ2) is 3.93. The highest BCUT2D eigenvalue weighted by Gasteiger charge is 2.49. The molecule has 2 fully saturated rings. The lowest BCUT2D eigenvalue weighted by Gasteiger charge is -2.56. The van der Waals surface area contributed by atoms with Crippen LogP contribution in [0.2, 0.25) is 0 Å². The van der Waals surface area contributed by atoms with Gasteiger partial charge in [0.25, 0.3) is 5.69 Å². The fourth-order valence-electron chi connectivity index (χ4n) is 2.56. The molecule has 0 amide bonds. The molecule has 1 spiro atoms. The molecule has 2 aliphatic rings. The first-order valence-corrected chi connectivity index (χ1v) is 5.84. The van der Waals surface area contributed by atoms with Crippen LogP contribution in [0, 0.1) is 15.5 Å². The summed E-state index contributed by atoms with van der Waals surface area (Å²) in [6, 6.07) is 4.77. The highest BCUT2D eigenvalue weighted by atomic mass is 16.6. The Bertz CT molecular complexity index is 491. The lowest BCUT2D eigenvalue weighted by molar-refractivity contribution is -0.384.